The van der Waals surface area contributed by atoms with E-state index in [9.17, 15) is 4.79 Å². The first-order valence-electron chi connectivity index (χ1n) is 4.25. The molecule has 0 radical (unpaired) electrons. The van der Waals surface area contributed by atoms with Crippen molar-refractivity contribution in [3.05, 3.63) is 0 Å². The number of nitrogens with zero attached hydrogens (tertiary/aromatic N) is 1. The lowest BCUT2D eigenvalue weighted by Gasteiger charge is -2.22. The molecule has 0 unspecified atom stereocenters. The fourth-order valence-corrected chi connectivity index (χ4v) is 2.15. The Bertz CT molecular complexity index is 181. The number of rotatable bonds is 0. The number of piperidine rings is 1. The van der Waals surface area contributed by atoms with Crippen molar-refractivity contribution >= 4 is 5.91 Å². The fourth-order valence-electron chi connectivity index (χ4n) is 2.15. The lowest BCUT2D eigenvalue weighted by atomic mass is 9.89. The molecule has 2 saturated heterocycles. The van der Waals surface area contributed by atoms with Crippen LogP contribution in [0.2, 0.25) is 0 Å². The molecular formula is C8H14N2O. The molecule has 3 heteroatoms. The number of likely N-dealkylation sites (tertiary alicyclic amines) is 1. The van der Waals surface area contributed by atoms with Gasteiger partial charge in [0, 0.05) is 20.1 Å². The number of hydrogen-bond donors (Lipinski definition) is 1. The first-order chi connectivity index (χ1) is 5.29. The van der Waals surface area contributed by atoms with Crippen LogP contribution in [0.15, 0.2) is 0 Å². The van der Waals surface area contributed by atoms with Crippen molar-refractivity contribution in [2.45, 2.75) is 6.42 Å². The minimum absolute atomic E-state index is 0.286. The van der Waals surface area contributed by atoms with Gasteiger partial charge in [-0.05, 0) is 18.9 Å². The molecule has 3 nitrogen and oxygen atoms in total. The van der Waals surface area contributed by atoms with Crippen LogP contribution in [0.1, 0.15) is 6.42 Å². The Hall–Kier alpha value is -0.570. The second-order valence-electron chi connectivity index (χ2n) is 3.58. The quantitative estimate of drug-likeness (QED) is 0.519. The maximum absolute atomic E-state index is 11.4. The van der Waals surface area contributed by atoms with Gasteiger partial charge in [0.15, 0.2) is 0 Å². The van der Waals surface area contributed by atoms with E-state index < -0.39 is 0 Å². The van der Waals surface area contributed by atoms with Crippen molar-refractivity contribution in [2.75, 3.05) is 26.7 Å². The maximum atomic E-state index is 11.4. The van der Waals surface area contributed by atoms with Crippen molar-refractivity contribution in [1.82, 2.24) is 10.2 Å². The first kappa shape index (κ1) is 7.10. The number of fused-ring (bicyclic) bond motifs is 1. The van der Waals surface area contributed by atoms with Gasteiger partial charge in [0.25, 0.3) is 0 Å². The lowest BCUT2D eigenvalue weighted by molar-refractivity contribution is -0.130. The smallest absolute Gasteiger partial charge is 0.227 e. The van der Waals surface area contributed by atoms with Gasteiger partial charge in [0.1, 0.15) is 0 Å². The van der Waals surface area contributed by atoms with Gasteiger partial charge in [-0.3, -0.25) is 4.79 Å². The molecule has 11 heavy (non-hydrogen) atoms. The van der Waals surface area contributed by atoms with Gasteiger partial charge in [-0.2, -0.15) is 0 Å². The molecule has 0 spiro atoms. The summed E-state index contributed by atoms with van der Waals surface area (Å²) in [5.74, 6) is 1.25. The first-order valence-corrected chi connectivity index (χ1v) is 4.25. The third kappa shape index (κ3) is 1.03. The van der Waals surface area contributed by atoms with Gasteiger partial charge in [0.2, 0.25) is 5.91 Å². The van der Waals surface area contributed by atoms with E-state index in [1.54, 1.807) is 0 Å². The molecule has 1 N–H and O–H groups in total. The molecule has 0 saturated carbocycles. The third-order valence-electron chi connectivity index (χ3n) is 2.83. The van der Waals surface area contributed by atoms with Crippen LogP contribution >= 0.6 is 0 Å². The van der Waals surface area contributed by atoms with E-state index in [1.807, 2.05) is 11.9 Å². The van der Waals surface area contributed by atoms with Gasteiger partial charge in [0.05, 0.1) is 5.92 Å². The van der Waals surface area contributed by atoms with E-state index in [0.717, 1.165) is 19.6 Å². The zero-order valence-electron chi connectivity index (χ0n) is 6.84. The highest BCUT2D eigenvalue weighted by atomic mass is 16.2. The molecule has 2 rings (SSSR count). The number of amides is 1. The van der Waals surface area contributed by atoms with Gasteiger partial charge < -0.3 is 10.2 Å². The summed E-state index contributed by atoms with van der Waals surface area (Å²) in [4.78, 5) is 13.3. The molecule has 2 aliphatic rings. The van der Waals surface area contributed by atoms with E-state index in [0.29, 0.717) is 11.8 Å². The summed E-state index contributed by atoms with van der Waals surface area (Å²) in [5.41, 5.74) is 0. The molecule has 0 bridgehead atoms. The van der Waals surface area contributed by atoms with Crippen molar-refractivity contribution < 1.29 is 4.79 Å². The van der Waals surface area contributed by atoms with Crippen molar-refractivity contribution in [3.8, 4) is 0 Å². The van der Waals surface area contributed by atoms with Crippen LogP contribution in [0.5, 0.6) is 0 Å². The normalized spacial score (nSPS) is 37.5. The van der Waals surface area contributed by atoms with Crippen molar-refractivity contribution in [3.63, 3.8) is 0 Å². The summed E-state index contributed by atoms with van der Waals surface area (Å²) in [6.45, 7) is 2.96. The van der Waals surface area contributed by atoms with Crippen molar-refractivity contribution in [2.24, 2.45) is 11.8 Å². The van der Waals surface area contributed by atoms with Gasteiger partial charge in [-0.15, -0.1) is 0 Å². The molecule has 62 valence electrons. The highest BCUT2D eigenvalue weighted by molar-refractivity contribution is 5.81. The van der Waals surface area contributed by atoms with E-state index in [-0.39, 0.29) is 5.92 Å². The van der Waals surface area contributed by atoms with E-state index in [4.69, 9.17) is 0 Å². The molecule has 0 aromatic heterocycles. The predicted octanol–water partition coefficient (Wildman–Crippen LogP) is -0.316. The Labute approximate surface area is 66.8 Å². The molecule has 1 amide bonds. The van der Waals surface area contributed by atoms with Crippen LogP contribution in [0.3, 0.4) is 0 Å². The molecule has 2 aliphatic heterocycles. The van der Waals surface area contributed by atoms with Crippen LogP contribution in [0.4, 0.5) is 0 Å². The van der Waals surface area contributed by atoms with Gasteiger partial charge in [-0.25, -0.2) is 0 Å². The average molecular weight is 154 g/mol. The third-order valence-corrected chi connectivity index (χ3v) is 2.83. The Kier molecular flexibility index (Phi) is 1.60. The average Bonchev–Trinajstić information content (AvgIpc) is 2.30. The fraction of sp³-hybridized carbons (Fsp3) is 0.875. The summed E-state index contributed by atoms with van der Waals surface area (Å²) in [6.07, 6.45) is 1.17. The number of carbonyl (C=O) groups is 1. The maximum Gasteiger partial charge on any atom is 0.227 e. The van der Waals surface area contributed by atoms with Crippen LogP contribution in [-0.2, 0) is 4.79 Å². The van der Waals surface area contributed by atoms with Crippen LogP contribution < -0.4 is 5.32 Å². The molecule has 0 aliphatic carbocycles. The Balaban J connectivity index is 2.11. The lowest BCUT2D eigenvalue weighted by Crippen LogP contribution is -2.37. The second kappa shape index (κ2) is 2.48. The second-order valence-corrected chi connectivity index (χ2v) is 3.58. The highest BCUT2D eigenvalue weighted by Crippen LogP contribution is 2.27. The minimum atomic E-state index is 0.286. The molecule has 2 heterocycles. The monoisotopic (exact) mass is 154 g/mol. The summed E-state index contributed by atoms with van der Waals surface area (Å²) >= 11 is 0. The largest absolute Gasteiger partial charge is 0.345 e. The Morgan fingerprint density at radius 1 is 1.64 bits per heavy atom. The van der Waals surface area contributed by atoms with E-state index in [2.05, 4.69) is 5.32 Å². The van der Waals surface area contributed by atoms with Crippen LogP contribution in [0, 0.1) is 11.8 Å². The zero-order valence-corrected chi connectivity index (χ0v) is 6.84. The molecule has 2 atom stereocenters. The van der Waals surface area contributed by atoms with Crippen molar-refractivity contribution in [1.29, 1.82) is 0 Å². The Morgan fingerprint density at radius 3 is 3.18 bits per heavy atom. The molecule has 0 aromatic carbocycles. The highest BCUT2D eigenvalue weighted by Gasteiger charge is 2.39. The predicted molar refractivity (Wildman–Crippen MR) is 42.1 cm³/mol. The topological polar surface area (TPSA) is 32.3 Å². The standard InChI is InChI=1S/C8H14N2O/c1-10-5-6-2-3-9-4-7(6)8(10)11/h6-7,9H,2-5H2,1H3/t6-,7-/m1/s1. The summed E-state index contributed by atoms with van der Waals surface area (Å²) in [7, 11) is 1.90. The molecule has 0 aromatic rings. The van der Waals surface area contributed by atoms with E-state index >= 15 is 0 Å². The van der Waals surface area contributed by atoms with Gasteiger partial charge in [-0.1, -0.05) is 0 Å². The summed E-state index contributed by atoms with van der Waals surface area (Å²) in [5, 5.41) is 3.26. The number of carbonyl (C=O) groups excluding carboxylic acids is 1. The van der Waals surface area contributed by atoms with E-state index in [1.165, 1.54) is 6.42 Å². The molecular weight excluding hydrogens is 140 g/mol. The van der Waals surface area contributed by atoms with Crippen LogP contribution in [-0.4, -0.2) is 37.5 Å². The Morgan fingerprint density at radius 2 is 2.45 bits per heavy atom. The summed E-state index contributed by atoms with van der Waals surface area (Å²) < 4.78 is 0. The SMILES string of the molecule is CN1C[C@H]2CCNC[C@H]2C1=O. The van der Waals surface area contributed by atoms with Gasteiger partial charge >= 0.3 is 0 Å². The molecule has 2 fully saturated rings. The number of nitrogens with one attached hydrogen (secondary N) is 1. The minimum Gasteiger partial charge on any atom is -0.345 e. The summed E-state index contributed by atoms with van der Waals surface area (Å²) in [6, 6.07) is 0. The number of hydrogen-bond acceptors (Lipinski definition) is 2. The zero-order chi connectivity index (χ0) is 7.84. The van der Waals surface area contributed by atoms with Crippen LogP contribution in [0.25, 0.3) is 0 Å².